The maximum Gasteiger partial charge on any atom is 0.405 e. The zero-order chi connectivity index (χ0) is 72.4. The summed E-state index contributed by atoms with van der Waals surface area (Å²) in [5, 5.41) is 25.8. The molecular weight excluding hydrogens is 1290 g/mol. The number of cyclic esters (lactones) is 1. The molecule has 7 N–H and O–H groups in total. The molecule has 27 heteroatoms. The molecule has 0 bridgehead atoms. The smallest absolute Gasteiger partial charge is 0.405 e. The molecule has 1 aliphatic rings. The SMILES string of the molecule is CC(C)C[C@H]1C(=O)N[C@@H](Cc2ccccc2)C(=O)N(C)CC(=O)N(C)[C@@H](Cc2ccccc2)C(=O)N[C@@H](C)C(=O)N(C)[C@@H](C)C(=O)N[C@@H](Cc2ccccc2)C(=O)OCC(=O)N(C)[C@@H](Cc2ccccc2)C(=O)N[C@@H](CCCCNC(=O)[C@H](CSSC(C)(C)C)NC(=O)O)C(=O)N1C. The van der Waals surface area contributed by atoms with E-state index < -0.39 is 139 Å². The van der Waals surface area contributed by atoms with Crippen LogP contribution in [0, 0.1) is 5.92 Å². The Kier molecular flexibility index (Phi) is 31.6. The minimum atomic E-state index is -1.43. The van der Waals surface area contributed by atoms with E-state index in [0.29, 0.717) is 22.3 Å². The Balaban J connectivity index is 1.59. The van der Waals surface area contributed by atoms with Gasteiger partial charge in [-0.15, -0.1) is 0 Å². The summed E-state index contributed by atoms with van der Waals surface area (Å²) in [6, 6.07) is 23.2. The predicted octanol–water partition coefficient (Wildman–Crippen LogP) is 4.41. The number of esters is 1. The number of nitrogens with one attached hydrogen (secondary N) is 6. The van der Waals surface area contributed by atoms with Crippen molar-refractivity contribution in [3.63, 3.8) is 0 Å². The highest BCUT2D eigenvalue weighted by Gasteiger charge is 2.40. The molecule has 9 atom stereocenters. The molecule has 1 fully saturated rings. The second kappa shape index (κ2) is 38.8. The summed E-state index contributed by atoms with van der Waals surface area (Å²) < 4.78 is 5.49. The zero-order valence-electron chi connectivity index (χ0n) is 58.1. The van der Waals surface area contributed by atoms with Gasteiger partial charge in [-0.3, -0.25) is 47.9 Å². The summed E-state index contributed by atoms with van der Waals surface area (Å²) >= 11 is 0. The molecule has 0 radical (unpaired) electrons. The Morgan fingerprint density at radius 1 is 0.561 bits per heavy atom. The van der Waals surface area contributed by atoms with Crippen LogP contribution < -0.4 is 31.9 Å². The highest BCUT2D eigenvalue weighted by molar-refractivity contribution is 8.77. The van der Waals surface area contributed by atoms with Crippen LogP contribution in [0.25, 0.3) is 0 Å². The quantitative estimate of drug-likeness (QED) is 0.0366. The fourth-order valence-corrected chi connectivity index (χ4v) is 13.2. The third-order valence-electron chi connectivity index (χ3n) is 16.6. The highest BCUT2D eigenvalue weighted by atomic mass is 33.1. The lowest BCUT2D eigenvalue weighted by Gasteiger charge is -2.35. The number of benzene rings is 4. The van der Waals surface area contributed by atoms with Crippen LogP contribution in [0.15, 0.2) is 121 Å². The van der Waals surface area contributed by atoms with E-state index in [2.05, 4.69) is 31.9 Å². The van der Waals surface area contributed by atoms with Crippen LogP contribution in [0.4, 0.5) is 4.79 Å². The molecule has 0 spiro atoms. The minimum absolute atomic E-state index is 0.0263. The number of likely N-dealkylation sites (N-methyl/N-ethyl adjacent to an activating group) is 5. The van der Waals surface area contributed by atoms with Gasteiger partial charge in [0.2, 0.25) is 53.2 Å². The third-order valence-corrected chi connectivity index (χ3v) is 19.9. The Bertz CT molecular complexity index is 3350. The first kappa shape index (κ1) is 79.7. The van der Waals surface area contributed by atoms with Crippen LogP contribution in [-0.2, 0) is 83.2 Å². The number of ether oxygens (including phenoxy) is 1. The molecule has 0 saturated carbocycles. The summed E-state index contributed by atoms with van der Waals surface area (Å²) in [6.45, 7) is 11.0. The zero-order valence-corrected chi connectivity index (χ0v) is 59.7. The van der Waals surface area contributed by atoms with Crippen LogP contribution in [-0.4, -0.2) is 221 Å². The van der Waals surface area contributed by atoms with E-state index in [-0.39, 0.29) is 74.3 Å². The summed E-state index contributed by atoms with van der Waals surface area (Å²) in [6.07, 6.45) is -1.34. The van der Waals surface area contributed by atoms with Crippen molar-refractivity contribution in [3.05, 3.63) is 144 Å². The third kappa shape index (κ3) is 25.5. The number of carboxylic acid groups (broad SMARTS) is 1. The second-order valence-electron chi connectivity index (χ2n) is 26.0. The van der Waals surface area contributed by atoms with Crippen LogP contribution in [0.5, 0.6) is 0 Å². The number of hydrogen-bond donors (Lipinski definition) is 7. The maximum atomic E-state index is 15.4. The Morgan fingerprint density at radius 2 is 1.02 bits per heavy atom. The summed E-state index contributed by atoms with van der Waals surface area (Å²) in [4.78, 5) is 178. The fraction of sp³-hybridized carbons (Fsp3) is 0.493. The molecule has 5 rings (SSSR count). The molecule has 1 saturated heterocycles. The van der Waals surface area contributed by atoms with Crippen LogP contribution in [0.2, 0.25) is 0 Å². The van der Waals surface area contributed by atoms with Gasteiger partial charge in [0.05, 0.1) is 6.54 Å². The lowest BCUT2D eigenvalue weighted by Crippen LogP contribution is -2.60. The Morgan fingerprint density at radius 3 is 1.52 bits per heavy atom. The topological polar surface area (TPSA) is 323 Å². The van der Waals surface area contributed by atoms with Gasteiger partial charge in [-0.2, -0.15) is 0 Å². The normalized spacial score (nSPS) is 21.9. The van der Waals surface area contributed by atoms with Crippen molar-refractivity contribution >= 4 is 92.7 Å². The highest BCUT2D eigenvalue weighted by Crippen LogP contribution is 2.35. The van der Waals surface area contributed by atoms with Crippen molar-refractivity contribution < 1.29 is 67.4 Å². The lowest BCUT2D eigenvalue weighted by atomic mass is 9.98. The van der Waals surface area contributed by atoms with Crippen molar-refractivity contribution in [1.82, 2.24) is 56.4 Å². The second-order valence-corrected chi connectivity index (χ2v) is 29.2. The predicted molar refractivity (Wildman–Crippen MR) is 376 cm³/mol. The Labute approximate surface area is 582 Å². The Hall–Kier alpha value is -8.98. The monoisotopic (exact) mass is 1390 g/mol. The maximum absolute atomic E-state index is 15.4. The molecule has 25 nitrogen and oxygen atoms in total. The van der Waals surface area contributed by atoms with Crippen molar-refractivity contribution in [2.75, 3.05) is 60.7 Å². The average Bonchev–Trinajstić information content (AvgIpc) is 0.837. The molecule has 0 aliphatic carbocycles. The van der Waals surface area contributed by atoms with Crippen molar-refractivity contribution in [2.45, 2.75) is 159 Å². The van der Waals surface area contributed by atoms with Crippen molar-refractivity contribution in [1.29, 1.82) is 0 Å². The van der Waals surface area contributed by atoms with Gasteiger partial charge in [0, 0.05) is 78.0 Å². The van der Waals surface area contributed by atoms with E-state index in [1.54, 1.807) is 121 Å². The number of rotatable bonds is 20. The molecular formula is C71H97N11O14S2. The first-order valence-corrected chi connectivity index (χ1v) is 35.1. The van der Waals surface area contributed by atoms with Gasteiger partial charge < -0.3 is 66.2 Å². The van der Waals surface area contributed by atoms with Gasteiger partial charge in [-0.05, 0) is 67.7 Å². The lowest BCUT2D eigenvalue weighted by molar-refractivity contribution is -0.156. The molecule has 1 aliphatic heterocycles. The first-order valence-electron chi connectivity index (χ1n) is 32.8. The van der Waals surface area contributed by atoms with E-state index in [4.69, 9.17) is 4.74 Å². The molecule has 1 heterocycles. The average molecular weight is 1390 g/mol. The minimum Gasteiger partial charge on any atom is -0.465 e. The van der Waals surface area contributed by atoms with Gasteiger partial charge >= 0.3 is 12.1 Å². The molecule has 4 aromatic rings. The molecule has 98 heavy (non-hydrogen) atoms. The molecule has 4 aromatic carbocycles. The number of unbranched alkanes of at least 4 members (excludes halogenated alkanes) is 1. The fourth-order valence-electron chi connectivity index (χ4n) is 10.8. The van der Waals surface area contributed by atoms with E-state index >= 15 is 14.4 Å². The molecule has 0 unspecified atom stereocenters. The van der Waals surface area contributed by atoms with Crippen LogP contribution in [0.1, 0.15) is 96.4 Å². The van der Waals surface area contributed by atoms with Crippen molar-refractivity contribution in [3.8, 4) is 0 Å². The number of amides is 11. The summed E-state index contributed by atoms with van der Waals surface area (Å²) in [7, 11) is 9.66. The summed E-state index contributed by atoms with van der Waals surface area (Å²) in [5.74, 6) is -8.49. The molecule has 11 amide bonds. The van der Waals surface area contributed by atoms with E-state index in [1.807, 2.05) is 34.6 Å². The number of carbonyl (C=O) groups is 12. The van der Waals surface area contributed by atoms with Crippen LogP contribution >= 0.6 is 21.6 Å². The summed E-state index contributed by atoms with van der Waals surface area (Å²) in [5.41, 5.74) is 2.50. The number of hydrogen-bond acceptors (Lipinski definition) is 15. The van der Waals surface area contributed by atoms with E-state index in [9.17, 15) is 48.3 Å². The van der Waals surface area contributed by atoms with E-state index in [1.165, 1.54) is 80.5 Å². The van der Waals surface area contributed by atoms with Crippen LogP contribution in [0.3, 0.4) is 0 Å². The van der Waals surface area contributed by atoms with Gasteiger partial charge in [0.25, 0.3) is 5.91 Å². The molecule has 532 valence electrons. The molecule has 0 aromatic heterocycles. The van der Waals surface area contributed by atoms with Gasteiger partial charge in [-0.1, -0.05) is 178 Å². The number of carbonyl (C=O) groups excluding carboxylic acids is 11. The number of nitrogens with zero attached hydrogens (tertiary/aromatic N) is 5. The van der Waals surface area contributed by atoms with E-state index in [0.717, 1.165) is 14.7 Å². The van der Waals surface area contributed by atoms with Gasteiger partial charge in [-0.25, -0.2) is 9.59 Å². The van der Waals surface area contributed by atoms with Gasteiger partial charge in [0.1, 0.15) is 54.4 Å². The largest absolute Gasteiger partial charge is 0.465 e. The first-order chi connectivity index (χ1) is 46.3. The van der Waals surface area contributed by atoms with Gasteiger partial charge in [0.15, 0.2) is 6.61 Å². The van der Waals surface area contributed by atoms with Crippen molar-refractivity contribution in [2.24, 2.45) is 5.92 Å². The standard InChI is InChI=1S/C71H97N11O14S2/c1-45(2)37-56-64(88)75-53(38-48-27-17-13-18-28-48)67(91)78(8)42-59(83)80(10)57(40-50-31-21-15-22-32-50)63(87)73-46(3)66(90)79(9)47(4)61(85)76-54(39-49-29-19-14-20-30-49)69(93)96-43-60(84)81(11)58(41-51-33-23-16-24-34-51)65(89)74-52(68(92)82(56)12)35-25-26-36-72-62(86)55(77-70(94)95)44-97-98-71(5,6)7/h13-24,27-34,45-47,52-58,77H,25-26,35-44H2,1-12H3,(H,72,86)(H,73,87)(H,74,89)(H,75,88)(H,76,85)(H,94,95)/t46-,47-,52-,53-,54-,55-,56-,57-,58-/m0/s1.